The molecule has 1 aliphatic rings. The Balaban J connectivity index is 1.60. The van der Waals surface area contributed by atoms with E-state index in [1.807, 2.05) is 43.3 Å². The van der Waals surface area contributed by atoms with Crippen LogP contribution in [0.25, 0.3) is 10.9 Å². The highest BCUT2D eigenvalue weighted by Gasteiger charge is 2.29. The highest BCUT2D eigenvalue weighted by atomic mass is 32.2. The Morgan fingerprint density at radius 1 is 1.09 bits per heavy atom. The van der Waals surface area contributed by atoms with E-state index in [2.05, 4.69) is 12.2 Å². The van der Waals surface area contributed by atoms with Gasteiger partial charge >= 0.3 is 0 Å². The topological polar surface area (TPSA) is 84.3 Å². The number of fused-ring (bicyclic) bond motifs is 2. The molecule has 1 N–H and O–H groups in total. The molecule has 4 rings (SSSR count). The van der Waals surface area contributed by atoms with Crippen molar-refractivity contribution in [2.75, 3.05) is 16.0 Å². The van der Waals surface area contributed by atoms with Crippen LogP contribution in [0.4, 0.5) is 11.4 Å². The zero-order valence-electron chi connectivity index (χ0n) is 19.6. The number of hydrogen-bond donors (Lipinski definition) is 1. The van der Waals surface area contributed by atoms with Crippen LogP contribution >= 0.6 is 11.8 Å². The second-order valence-electron chi connectivity index (χ2n) is 8.60. The highest BCUT2D eigenvalue weighted by molar-refractivity contribution is 7.99. The van der Waals surface area contributed by atoms with E-state index in [-0.39, 0.29) is 35.6 Å². The monoisotopic (exact) mass is 478 g/mol. The fourth-order valence-corrected chi connectivity index (χ4v) is 5.20. The van der Waals surface area contributed by atoms with E-state index in [1.54, 1.807) is 21.6 Å². The summed E-state index contributed by atoms with van der Waals surface area (Å²) in [5, 5.41) is 4.03. The number of anilines is 2. The van der Waals surface area contributed by atoms with Gasteiger partial charge in [0.2, 0.25) is 11.8 Å². The van der Waals surface area contributed by atoms with Gasteiger partial charge in [0.15, 0.2) is 5.16 Å². The minimum Gasteiger partial charge on any atom is -0.324 e. The van der Waals surface area contributed by atoms with Gasteiger partial charge < -0.3 is 10.2 Å². The Labute approximate surface area is 203 Å². The van der Waals surface area contributed by atoms with Gasteiger partial charge in [0.05, 0.1) is 28.0 Å². The number of para-hydroxylation sites is 3. The van der Waals surface area contributed by atoms with Crippen LogP contribution in [-0.4, -0.2) is 33.2 Å². The predicted molar refractivity (Wildman–Crippen MR) is 138 cm³/mol. The van der Waals surface area contributed by atoms with Crippen LogP contribution in [0.15, 0.2) is 58.5 Å². The molecule has 1 unspecified atom stereocenters. The molecule has 1 aliphatic heterocycles. The molecule has 1 atom stereocenters. The highest BCUT2D eigenvalue weighted by Crippen LogP contribution is 2.32. The standard InChI is InChI=1S/C26H30N4O3S/c1-3-4-5-10-15-29-25(33)19-11-6-7-12-20(19)28-26(29)34-17-24(32)30-18(2)16-23(31)27-21-13-8-9-14-22(21)30/h6-9,11-14,18H,3-5,10,15-17H2,1-2H3,(H,27,31). The first-order chi connectivity index (χ1) is 16.5. The molecule has 0 spiro atoms. The maximum Gasteiger partial charge on any atom is 0.262 e. The molecule has 1 aromatic heterocycles. The summed E-state index contributed by atoms with van der Waals surface area (Å²) < 4.78 is 1.71. The number of rotatable bonds is 8. The van der Waals surface area contributed by atoms with Crippen LogP contribution in [0.5, 0.6) is 0 Å². The minimum atomic E-state index is -0.280. The number of aromatic nitrogens is 2. The second-order valence-corrected chi connectivity index (χ2v) is 9.54. The van der Waals surface area contributed by atoms with Gasteiger partial charge in [-0.15, -0.1) is 0 Å². The Bertz CT molecular complexity index is 1260. The van der Waals surface area contributed by atoms with E-state index < -0.39 is 0 Å². The molecule has 0 saturated carbocycles. The molecule has 178 valence electrons. The lowest BCUT2D eigenvalue weighted by Gasteiger charge is -2.27. The third kappa shape index (κ3) is 5.17. The van der Waals surface area contributed by atoms with Crippen molar-refractivity contribution in [3.8, 4) is 0 Å². The summed E-state index contributed by atoms with van der Waals surface area (Å²) in [6.45, 7) is 4.61. The maximum atomic E-state index is 13.4. The van der Waals surface area contributed by atoms with Crippen LogP contribution < -0.4 is 15.8 Å². The van der Waals surface area contributed by atoms with Crippen LogP contribution in [0.2, 0.25) is 0 Å². The predicted octanol–water partition coefficient (Wildman–Crippen LogP) is 4.83. The molecule has 0 bridgehead atoms. The van der Waals surface area contributed by atoms with Crippen LogP contribution in [-0.2, 0) is 16.1 Å². The Morgan fingerprint density at radius 2 is 1.85 bits per heavy atom. The van der Waals surface area contributed by atoms with Crippen molar-refractivity contribution in [1.82, 2.24) is 9.55 Å². The quantitative estimate of drug-likeness (QED) is 0.285. The number of carbonyl (C=O) groups is 2. The third-order valence-electron chi connectivity index (χ3n) is 6.01. The molecule has 34 heavy (non-hydrogen) atoms. The van der Waals surface area contributed by atoms with Crippen molar-refractivity contribution in [1.29, 1.82) is 0 Å². The molecular formula is C26H30N4O3S. The second kappa shape index (κ2) is 10.9. The zero-order valence-corrected chi connectivity index (χ0v) is 20.4. The van der Waals surface area contributed by atoms with Gasteiger partial charge in [0, 0.05) is 19.0 Å². The number of nitrogens with one attached hydrogen (secondary N) is 1. The normalized spacial score (nSPS) is 15.6. The summed E-state index contributed by atoms with van der Waals surface area (Å²) in [6.07, 6.45) is 4.40. The number of nitrogens with zero attached hydrogens (tertiary/aromatic N) is 3. The van der Waals surface area contributed by atoms with Crippen molar-refractivity contribution >= 4 is 45.9 Å². The molecule has 0 fully saturated rings. The first-order valence-electron chi connectivity index (χ1n) is 11.8. The first kappa shape index (κ1) is 24.0. The van der Waals surface area contributed by atoms with Gasteiger partial charge in [-0.25, -0.2) is 4.98 Å². The number of benzene rings is 2. The number of amides is 2. The molecule has 0 saturated heterocycles. The van der Waals surface area contributed by atoms with Gasteiger partial charge in [-0.3, -0.25) is 19.0 Å². The summed E-state index contributed by atoms with van der Waals surface area (Å²) in [6, 6.07) is 14.4. The maximum absolute atomic E-state index is 13.4. The summed E-state index contributed by atoms with van der Waals surface area (Å²) >= 11 is 1.28. The Hall–Kier alpha value is -3.13. The zero-order chi connectivity index (χ0) is 24.1. The molecule has 2 amide bonds. The molecule has 2 aromatic carbocycles. The summed E-state index contributed by atoms with van der Waals surface area (Å²) in [4.78, 5) is 45.3. The fourth-order valence-electron chi connectivity index (χ4n) is 4.32. The van der Waals surface area contributed by atoms with E-state index in [9.17, 15) is 14.4 Å². The van der Waals surface area contributed by atoms with Gasteiger partial charge in [-0.2, -0.15) is 0 Å². The lowest BCUT2D eigenvalue weighted by Crippen LogP contribution is -2.40. The van der Waals surface area contributed by atoms with Crippen molar-refractivity contribution in [3.63, 3.8) is 0 Å². The number of thioether (sulfide) groups is 1. The third-order valence-corrected chi connectivity index (χ3v) is 6.98. The molecular weight excluding hydrogens is 448 g/mol. The SMILES string of the molecule is CCCCCCn1c(SCC(=O)N2c3ccccc3NC(=O)CC2C)nc2ccccc2c1=O. The Kier molecular flexibility index (Phi) is 7.67. The smallest absolute Gasteiger partial charge is 0.262 e. The minimum absolute atomic E-state index is 0.0691. The van der Waals surface area contributed by atoms with E-state index in [4.69, 9.17) is 4.98 Å². The lowest BCUT2D eigenvalue weighted by molar-refractivity contribution is -0.117. The van der Waals surface area contributed by atoms with Crippen molar-refractivity contribution in [2.45, 2.75) is 63.7 Å². The average Bonchev–Trinajstić information content (AvgIpc) is 2.95. The van der Waals surface area contributed by atoms with Crippen LogP contribution in [0.3, 0.4) is 0 Å². The van der Waals surface area contributed by atoms with Crippen LogP contribution in [0.1, 0.15) is 46.0 Å². The number of hydrogen-bond acceptors (Lipinski definition) is 5. The summed E-state index contributed by atoms with van der Waals surface area (Å²) in [7, 11) is 0. The first-order valence-corrected chi connectivity index (χ1v) is 12.8. The van der Waals surface area contributed by atoms with Gasteiger partial charge in [-0.1, -0.05) is 62.2 Å². The molecule has 8 heteroatoms. The van der Waals surface area contributed by atoms with Gasteiger partial charge in [-0.05, 0) is 37.6 Å². The average molecular weight is 479 g/mol. The molecule has 0 aliphatic carbocycles. The van der Waals surface area contributed by atoms with Crippen LogP contribution in [0, 0.1) is 0 Å². The Morgan fingerprint density at radius 3 is 2.68 bits per heavy atom. The fraction of sp³-hybridized carbons (Fsp3) is 0.385. The number of unbranched alkanes of at least 4 members (excludes halogenated alkanes) is 3. The van der Waals surface area contributed by atoms with Crippen molar-refractivity contribution < 1.29 is 9.59 Å². The van der Waals surface area contributed by atoms with Gasteiger partial charge in [0.25, 0.3) is 5.56 Å². The van der Waals surface area contributed by atoms with Gasteiger partial charge in [0.1, 0.15) is 0 Å². The van der Waals surface area contributed by atoms with Crippen molar-refractivity contribution in [2.24, 2.45) is 0 Å². The summed E-state index contributed by atoms with van der Waals surface area (Å²) in [5.74, 6) is -0.117. The largest absolute Gasteiger partial charge is 0.324 e. The van der Waals surface area contributed by atoms with Crippen molar-refractivity contribution in [3.05, 3.63) is 58.9 Å². The molecule has 2 heterocycles. The van der Waals surface area contributed by atoms with E-state index in [1.165, 1.54) is 11.8 Å². The number of carbonyl (C=O) groups excluding carboxylic acids is 2. The van der Waals surface area contributed by atoms with E-state index in [0.29, 0.717) is 34.0 Å². The molecule has 7 nitrogen and oxygen atoms in total. The lowest BCUT2D eigenvalue weighted by atomic mass is 10.2. The molecule has 3 aromatic rings. The van der Waals surface area contributed by atoms with E-state index in [0.717, 1.165) is 25.7 Å². The van der Waals surface area contributed by atoms with E-state index >= 15 is 0 Å². The summed E-state index contributed by atoms with van der Waals surface area (Å²) in [5.41, 5.74) is 1.89. The molecule has 0 radical (unpaired) electrons.